The van der Waals surface area contributed by atoms with E-state index >= 15 is 0 Å². The van der Waals surface area contributed by atoms with Crippen LogP contribution in [0.1, 0.15) is 12.7 Å². The van der Waals surface area contributed by atoms with Crippen molar-refractivity contribution in [1.82, 2.24) is 19.5 Å². The summed E-state index contributed by atoms with van der Waals surface area (Å²) in [5.41, 5.74) is 0.878. The molecule has 2 rings (SSSR count). The number of aromatic amines is 1. The number of hydrogen-bond donors (Lipinski definition) is 1. The fourth-order valence-electron chi connectivity index (χ4n) is 1.23. The molecular formula is C8H10N4O. The van der Waals surface area contributed by atoms with Crippen molar-refractivity contribution in [2.24, 2.45) is 7.05 Å². The lowest BCUT2D eigenvalue weighted by Crippen LogP contribution is -2.11. The van der Waals surface area contributed by atoms with E-state index in [1.165, 1.54) is 0 Å². The molecule has 2 heterocycles. The number of rotatable bonds is 1. The van der Waals surface area contributed by atoms with Gasteiger partial charge in [-0.3, -0.25) is 4.79 Å². The smallest absolute Gasteiger partial charge is 0.279 e. The van der Waals surface area contributed by atoms with E-state index in [-0.39, 0.29) is 5.56 Å². The van der Waals surface area contributed by atoms with Crippen LogP contribution >= 0.6 is 0 Å². The molecule has 68 valence electrons. The summed E-state index contributed by atoms with van der Waals surface area (Å²) >= 11 is 0. The maximum atomic E-state index is 11.4. The summed E-state index contributed by atoms with van der Waals surface area (Å²) in [6.45, 7) is 1.94. The number of hydrogen-bond acceptors (Lipinski definition) is 3. The van der Waals surface area contributed by atoms with Crippen molar-refractivity contribution in [3.8, 4) is 0 Å². The molecule has 0 radical (unpaired) electrons. The standard InChI is InChI=1S/C8H10N4O/c1-3-5-10-7-6(8(13)11-5)9-4-12(7)2/h4H,3H2,1-2H3,(H,10,11,13). The minimum Gasteiger partial charge on any atom is -0.318 e. The van der Waals surface area contributed by atoms with Gasteiger partial charge in [-0.25, -0.2) is 9.97 Å². The van der Waals surface area contributed by atoms with Crippen molar-refractivity contribution in [2.75, 3.05) is 0 Å². The van der Waals surface area contributed by atoms with E-state index in [9.17, 15) is 4.79 Å². The number of imidazole rings is 1. The fourth-order valence-corrected chi connectivity index (χ4v) is 1.23. The number of nitrogens with one attached hydrogen (secondary N) is 1. The predicted molar refractivity (Wildman–Crippen MR) is 48.5 cm³/mol. The highest BCUT2D eigenvalue weighted by atomic mass is 16.1. The lowest BCUT2D eigenvalue weighted by molar-refractivity contribution is 0.892. The van der Waals surface area contributed by atoms with E-state index in [0.717, 1.165) is 6.42 Å². The van der Waals surface area contributed by atoms with Crippen LogP contribution in [-0.4, -0.2) is 19.5 Å². The molecule has 0 unspecified atom stereocenters. The van der Waals surface area contributed by atoms with Gasteiger partial charge < -0.3 is 9.55 Å². The first-order valence-corrected chi connectivity index (χ1v) is 4.12. The second-order valence-corrected chi connectivity index (χ2v) is 2.89. The molecule has 0 saturated heterocycles. The normalized spacial score (nSPS) is 10.9. The Bertz CT molecular complexity index is 496. The molecule has 1 N–H and O–H groups in total. The number of nitrogens with zero attached hydrogens (tertiary/aromatic N) is 3. The summed E-state index contributed by atoms with van der Waals surface area (Å²) in [6, 6.07) is 0. The molecule has 0 aliphatic carbocycles. The van der Waals surface area contributed by atoms with Gasteiger partial charge in [0.15, 0.2) is 11.2 Å². The first-order chi connectivity index (χ1) is 6.22. The quantitative estimate of drug-likeness (QED) is 0.679. The third-order valence-electron chi connectivity index (χ3n) is 1.95. The Labute approximate surface area is 74.4 Å². The van der Waals surface area contributed by atoms with Crippen molar-refractivity contribution < 1.29 is 0 Å². The van der Waals surface area contributed by atoms with Gasteiger partial charge in [0.05, 0.1) is 6.33 Å². The molecular weight excluding hydrogens is 168 g/mol. The Hall–Kier alpha value is -1.65. The number of aromatic nitrogens is 4. The van der Waals surface area contributed by atoms with Crippen LogP contribution in [0.4, 0.5) is 0 Å². The van der Waals surface area contributed by atoms with Gasteiger partial charge in [-0.1, -0.05) is 6.92 Å². The third-order valence-corrected chi connectivity index (χ3v) is 1.95. The molecule has 0 fully saturated rings. The number of fused-ring (bicyclic) bond motifs is 1. The van der Waals surface area contributed by atoms with Crippen LogP contribution in [0.2, 0.25) is 0 Å². The van der Waals surface area contributed by atoms with Crippen LogP contribution in [-0.2, 0) is 13.5 Å². The molecule has 0 aliphatic rings. The summed E-state index contributed by atoms with van der Waals surface area (Å²) in [5, 5.41) is 0. The molecule has 13 heavy (non-hydrogen) atoms. The lowest BCUT2D eigenvalue weighted by atomic mass is 10.4. The minimum absolute atomic E-state index is 0.164. The van der Waals surface area contributed by atoms with Gasteiger partial charge in [0.25, 0.3) is 5.56 Å². The van der Waals surface area contributed by atoms with Crippen molar-refractivity contribution in [3.63, 3.8) is 0 Å². The highest BCUT2D eigenvalue weighted by Gasteiger charge is 2.06. The minimum atomic E-state index is -0.164. The molecule has 5 nitrogen and oxygen atoms in total. The second kappa shape index (κ2) is 2.69. The zero-order chi connectivity index (χ0) is 9.42. The van der Waals surface area contributed by atoms with Crippen LogP contribution in [0.25, 0.3) is 11.2 Å². The summed E-state index contributed by atoms with van der Waals surface area (Å²) in [6.07, 6.45) is 2.31. The van der Waals surface area contributed by atoms with Gasteiger partial charge in [-0.05, 0) is 0 Å². The molecule has 0 saturated carbocycles. The van der Waals surface area contributed by atoms with E-state index < -0.39 is 0 Å². The van der Waals surface area contributed by atoms with Gasteiger partial charge in [-0.15, -0.1) is 0 Å². The lowest BCUT2D eigenvalue weighted by Gasteiger charge is -1.96. The van der Waals surface area contributed by atoms with Crippen molar-refractivity contribution in [1.29, 1.82) is 0 Å². The Morgan fingerprint density at radius 3 is 3.08 bits per heavy atom. The van der Waals surface area contributed by atoms with Crippen LogP contribution in [0.5, 0.6) is 0 Å². The highest BCUT2D eigenvalue weighted by Crippen LogP contribution is 2.02. The summed E-state index contributed by atoms with van der Waals surface area (Å²) in [7, 11) is 1.82. The zero-order valence-corrected chi connectivity index (χ0v) is 7.53. The first-order valence-electron chi connectivity index (χ1n) is 4.12. The van der Waals surface area contributed by atoms with Gasteiger partial charge >= 0.3 is 0 Å². The summed E-state index contributed by atoms with van der Waals surface area (Å²) < 4.78 is 1.74. The largest absolute Gasteiger partial charge is 0.318 e. The maximum Gasteiger partial charge on any atom is 0.279 e. The fraction of sp³-hybridized carbons (Fsp3) is 0.375. The van der Waals surface area contributed by atoms with E-state index in [0.29, 0.717) is 17.0 Å². The van der Waals surface area contributed by atoms with E-state index in [1.807, 2.05) is 14.0 Å². The molecule has 0 amide bonds. The molecule has 0 aliphatic heterocycles. The molecule has 0 spiro atoms. The Kier molecular flexibility index (Phi) is 1.65. The van der Waals surface area contributed by atoms with Crippen molar-refractivity contribution in [3.05, 3.63) is 22.5 Å². The van der Waals surface area contributed by atoms with Gasteiger partial charge in [0.2, 0.25) is 0 Å². The summed E-state index contributed by atoms with van der Waals surface area (Å²) in [5.74, 6) is 0.695. The van der Waals surface area contributed by atoms with E-state index in [4.69, 9.17) is 0 Å². The van der Waals surface area contributed by atoms with Crippen molar-refractivity contribution >= 4 is 11.2 Å². The topological polar surface area (TPSA) is 63.6 Å². The SMILES string of the molecule is CCc1nc2c(ncn2C)c(=O)[nH]1. The van der Waals surface area contributed by atoms with Crippen LogP contribution in [0.3, 0.4) is 0 Å². The van der Waals surface area contributed by atoms with Crippen LogP contribution < -0.4 is 5.56 Å². The second-order valence-electron chi connectivity index (χ2n) is 2.89. The Morgan fingerprint density at radius 1 is 1.62 bits per heavy atom. The Balaban J connectivity index is 2.88. The van der Waals surface area contributed by atoms with Gasteiger partial charge in [0, 0.05) is 13.5 Å². The molecule has 0 aromatic carbocycles. The van der Waals surface area contributed by atoms with Gasteiger partial charge in [0.1, 0.15) is 5.82 Å². The summed E-state index contributed by atoms with van der Waals surface area (Å²) in [4.78, 5) is 22.3. The average molecular weight is 178 g/mol. The van der Waals surface area contributed by atoms with Gasteiger partial charge in [-0.2, -0.15) is 0 Å². The molecule has 0 atom stereocenters. The maximum absolute atomic E-state index is 11.4. The highest BCUT2D eigenvalue weighted by molar-refractivity contribution is 5.68. The third kappa shape index (κ3) is 1.12. The molecule has 2 aromatic heterocycles. The molecule has 0 bridgehead atoms. The number of H-pyrrole nitrogens is 1. The average Bonchev–Trinajstić information content (AvgIpc) is 2.48. The van der Waals surface area contributed by atoms with Crippen LogP contribution in [0, 0.1) is 0 Å². The number of aryl methyl sites for hydroxylation is 2. The monoisotopic (exact) mass is 178 g/mol. The molecule has 5 heteroatoms. The Morgan fingerprint density at radius 2 is 2.38 bits per heavy atom. The van der Waals surface area contributed by atoms with E-state index in [2.05, 4.69) is 15.0 Å². The zero-order valence-electron chi connectivity index (χ0n) is 7.53. The van der Waals surface area contributed by atoms with Crippen LogP contribution in [0.15, 0.2) is 11.1 Å². The van der Waals surface area contributed by atoms with Crippen molar-refractivity contribution in [2.45, 2.75) is 13.3 Å². The molecule has 2 aromatic rings. The van der Waals surface area contributed by atoms with E-state index in [1.54, 1.807) is 10.9 Å². The predicted octanol–water partition coefficient (Wildman–Crippen LogP) is 0.219. The first kappa shape index (κ1) is 7.97.